The second-order valence-electron chi connectivity index (χ2n) is 6.59. The van der Waals surface area contributed by atoms with Gasteiger partial charge in [-0.15, -0.1) is 12.4 Å². The summed E-state index contributed by atoms with van der Waals surface area (Å²) in [6, 6.07) is 8.63. The lowest BCUT2D eigenvalue weighted by atomic mass is 9.84. The molecule has 1 aromatic carbocycles. The van der Waals surface area contributed by atoms with Gasteiger partial charge in [0.25, 0.3) is 5.91 Å². The van der Waals surface area contributed by atoms with E-state index in [0.29, 0.717) is 5.92 Å². The molecule has 1 aromatic rings. The summed E-state index contributed by atoms with van der Waals surface area (Å²) >= 11 is 0. The topological polar surface area (TPSA) is 46.3 Å². The minimum atomic E-state index is 0. The lowest BCUT2D eigenvalue weighted by Gasteiger charge is -2.30. The molecule has 1 aliphatic carbocycles. The van der Waals surface area contributed by atoms with E-state index in [0.717, 1.165) is 31.5 Å². The minimum Gasteiger partial charge on any atom is -0.339 e. The van der Waals surface area contributed by atoms with Crippen molar-refractivity contribution in [2.75, 3.05) is 13.1 Å². The van der Waals surface area contributed by atoms with Gasteiger partial charge in [-0.05, 0) is 49.3 Å². The Morgan fingerprint density at radius 1 is 0.955 bits per heavy atom. The Kier molecular flexibility index (Phi) is 6.27. The first-order valence-corrected chi connectivity index (χ1v) is 8.39. The summed E-state index contributed by atoms with van der Waals surface area (Å²) < 4.78 is 0. The largest absolute Gasteiger partial charge is 0.339 e. The maximum Gasteiger partial charge on any atom is 0.253 e. The molecule has 2 N–H and O–H groups in total. The molecule has 3 rings (SSSR count). The summed E-state index contributed by atoms with van der Waals surface area (Å²) in [4.78, 5) is 14.4. The van der Waals surface area contributed by atoms with E-state index in [-0.39, 0.29) is 24.4 Å². The number of hydrogen-bond acceptors (Lipinski definition) is 2. The van der Waals surface area contributed by atoms with Crippen LogP contribution < -0.4 is 5.73 Å². The van der Waals surface area contributed by atoms with Gasteiger partial charge in [-0.2, -0.15) is 0 Å². The molecule has 0 aromatic heterocycles. The van der Waals surface area contributed by atoms with E-state index in [4.69, 9.17) is 5.73 Å². The van der Waals surface area contributed by atoms with Crippen LogP contribution in [0.15, 0.2) is 24.3 Å². The molecule has 3 nitrogen and oxygen atoms in total. The Morgan fingerprint density at radius 2 is 1.55 bits per heavy atom. The van der Waals surface area contributed by atoms with Crippen molar-refractivity contribution in [3.8, 4) is 0 Å². The Labute approximate surface area is 139 Å². The molecule has 22 heavy (non-hydrogen) atoms. The van der Waals surface area contributed by atoms with Gasteiger partial charge in [-0.3, -0.25) is 4.79 Å². The van der Waals surface area contributed by atoms with Crippen LogP contribution in [0.2, 0.25) is 0 Å². The molecule has 2 aliphatic rings. The van der Waals surface area contributed by atoms with Crippen molar-refractivity contribution in [3.63, 3.8) is 0 Å². The first-order valence-electron chi connectivity index (χ1n) is 8.39. The normalized spacial score (nSPS) is 20.5. The van der Waals surface area contributed by atoms with E-state index in [1.807, 2.05) is 17.0 Å². The average molecular weight is 323 g/mol. The molecule has 1 aliphatic heterocycles. The summed E-state index contributed by atoms with van der Waals surface area (Å²) in [6.07, 6.45) is 8.52. The summed E-state index contributed by atoms with van der Waals surface area (Å²) in [7, 11) is 0. The molecular formula is C18H27ClN2O. The molecule has 1 saturated heterocycles. The molecule has 1 amide bonds. The molecule has 0 atom stereocenters. The van der Waals surface area contributed by atoms with Crippen molar-refractivity contribution < 1.29 is 4.79 Å². The third-order valence-corrected chi connectivity index (χ3v) is 5.06. The van der Waals surface area contributed by atoms with Gasteiger partial charge in [0.15, 0.2) is 0 Å². The number of hydrogen-bond donors (Lipinski definition) is 1. The SMILES string of the molecule is Cl.NC1CCN(C(=O)c2ccc(C3CCCCC3)cc2)CC1. The fourth-order valence-electron chi connectivity index (χ4n) is 3.62. The number of nitrogens with two attached hydrogens (primary N) is 1. The Balaban J connectivity index is 0.00000176. The fourth-order valence-corrected chi connectivity index (χ4v) is 3.62. The highest BCUT2D eigenvalue weighted by Crippen LogP contribution is 2.32. The maximum atomic E-state index is 12.5. The molecular weight excluding hydrogens is 296 g/mol. The lowest BCUT2D eigenvalue weighted by Crippen LogP contribution is -2.42. The van der Waals surface area contributed by atoms with Crippen LogP contribution in [0, 0.1) is 0 Å². The van der Waals surface area contributed by atoms with Crippen molar-refractivity contribution in [1.82, 2.24) is 4.90 Å². The fraction of sp³-hybridized carbons (Fsp3) is 0.611. The monoisotopic (exact) mass is 322 g/mol. The molecule has 0 unspecified atom stereocenters. The number of likely N-dealkylation sites (tertiary alicyclic amines) is 1. The van der Waals surface area contributed by atoms with Crippen molar-refractivity contribution in [2.24, 2.45) is 5.73 Å². The lowest BCUT2D eigenvalue weighted by molar-refractivity contribution is 0.0714. The molecule has 122 valence electrons. The summed E-state index contributed by atoms with van der Waals surface area (Å²) in [5, 5.41) is 0. The Bertz CT molecular complexity index is 474. The van der Waals surface area contributed by atoms with E-state index < -0.39 is 0 Å². The van der Waals surface area contributed by atoms with Crippen LogP contribution in [0.5, 0.6) is 0 Å². The van der Waals surface area contributed by atoms with Crippen LogP contribution in [-0.4, -0.2) is 29.9 Å². The van der Waals surface area contributed by atoms with Gasteiger partial charge in [0.1, 0.15) is 0 Å². The quantitative estimate of drug-likeness (QED) is 0.902. The van der Waals surface area contributed by atoms with Gasteiger partial charge >= 0.3 is 0 Å². The highest BCUT2D eigenvalue weighted by molar-refractivity contribution is 5.94. The Hall–Kier alpha value is -1.06. The smallest absolute Gasteiger partial charge is 0.253 e. The zero-order valence-corrected chi connectivity index (χ0v) is 14.0. The van der Waals surface area contributed by atoms with Crippen LogP contribution >= 0.6 is 12.4 Å². The van der Waals surface area contributed by atoms with Crippen LogP contribution in [0.3, 0.4) is 0 Å². The van der Waals surface area contributed by atoms with E-state index in [1.165, 1.54) is 37.7 Å². The van der Waals surface area contributed by atoms with Crippen molar-refractivity contribution in [2.45, 2.75) is 56.9 Å². The van der Waals surface area contributed by atoms with Crippen molar-refractivity contribution in [3.05, 3.63) is 35.4 Å². The molecule has 1 heterocycles. The third kappa shape index (κ3) is 4.02. The number of piperidine rings is 1. The number of carbonyl (C=O) groups excluding carboxylic acids is 1. The highest BCUT2D eigenvalue weighted by atomic mass is 35.5. The van der Waals surface area contributed by atoms with E-state index in [1.54, 1.807) is 0 Å². The summed E-state index contributed by atoms with van der Waals surface area (Å²) in [5.74, 6) is 0.869. The van der Waals surface area contributed by atoms with Crippen molar-refractivity contribution in [1.29, 1.82) is 0 Å². The highest BCUT2D eigenvalue weighted by Gasteiger charge is 2.22. The number of carbonyl (C=O) groups is 1. The van der Waals surface area contributed by atoms with Gasteiger partial charge in [-0.1, -0.05) is 31.4 Å². The van der Waals surface area contributed by atoms with Gasteiger partial charge in [0.2, 0.25) is 0 Å². The Morgan fingerprint density at radius 3 is 2.14 bits per heavy atom. The maximum absolute atomic E-state index is 12.5. The number of amides is 1. The zero-order valence-electron chi connectivity index (χ0n) is 13.2. The standard InChI is InChI=1S/C18H26N2O.ClH/c19-17-10-12-20(13-11-17)18(21)16-8-6-15(7-9-16)14-4-2-1-3-5-14;/h6-9,14,17H,1-5,10-13,19H2;1H. The first kappa shape index (κ1) is 17.3. The van der Waals surface area contributed by atoms with Crippen LogP contribution in [0.25, 0.3) is 0 Å². The predicted molar refractivity (Wildman–Crippen MR) is 92.6 cm³/mol. The van der Waals surface area contributed by atoms with Gasteiger partial charge in [-0.25, -0.2) is 0 Å². The molecule has 2 fully saturated rings. The third-order valence-electron chi connectivity index (χ3n) is 5.06. The first-order chi connectivity index (χ1) is 10.2. The number of halogens is 1. The predicted octanol–water partition coefficient (Wildman–Crippen LogP) is 3.72. The number of nitrogens with zero attached hydrogens (tertiary/aromatic N) is 1. The zero-order chi connectivity index (χ0) is 14.7. The second kappa shape index (κ2) is 7.98. The molecule has 4 heteroatoms. The van der Waals surface area contributed by atoms with Crippen LogP contribution in [0.4, 0.5) is 0 Å². The molecule has 1 saturated carbocycles. The minimum absolute atomic E-state index is 0. The van der Waals surface area contributed by atoms with Crippen LogP contribution in [0.1, 0.15) is 66.8 Å². The number of benzene rings is 1. The van der Waals surface area contributed by atoms with E-state index >= 15 is 0 Å². The van der Waals surface area contributed by atoms with E-state index in [2.05, 4.69) is 12.1 Å². The van der Waals surface area contributed by atoms with Gasteiger partial charge < -0.3 is 10.6 Å². The molecule has 0 bridgehead atoms. The van der Waals surface area contributed by atoms with Crippen LogP contribution in [-0.2, 0) is 0 Å². The second-order valence-corrected chi connectivity index (χ2v) is 6.59. The van der Waals surface area contributed by atoms with E-state index in [9.17, 15) is 4.79 Å². The summed E-state index contributed by atoms with van der Waals surface area (Å²) in [6.45, 7) is 1.59. The van der Waals surface area contributed by atoms with Gasteiger partial charge in [0.05, 0.1) is 0 Å². The average Bonchev–Trinajstić information content (AvgIpc) is 2.56. The molecule has 0 radical (unpaired) electrons. The van der Waals surface area contributed by atoms with Crippen molar-refractivity contribution >= 4 is 18.3 Å². The molecule has 0 spiro atoms. The summed E-state index contributed by atoms with van der Waals surface area (Å²) in [5.41, 5.74) is 8.13. The number of rotatable bonds is 2. The van der Waals surface area contributed by atoms with Gasteiger partial charge in [0, 0.05) is 24.7 Å².